The van der Waals surface area contributed by atoms with Crippen molar-refractivity contribution in [3.63, 3.8) is 0 Å². The molecule has 21 heavy (non-hydrogen) atoms. The van der Waals surface area contributed by atoms with Crippen molar-refractivity contribution in [1.82, 2.24) is 10.2 Å². The summed E-state index contributed by atoms with van der Waals surface area (Å²) in [5, 5.41) is 3.19. The number of amides is 2. The summed E-state index contributed by atoms with van der Waals surface area (Å²) in [5.41, 5.74) is 0. The van der Waals surface area contributed by atoms with Crippen LogP contribution in [0.4, 0.5) is 0 Å². The van der Waals surface area contributed by atoms with Crippen LogP contribution in [0.5, 0.6) is 0 Å². The Bertz CT molecular complexity index is 380. The molecule has 2 amide bonds. The summed E-state index contributed by atoms with van der Waals surface area (Å²) < 4.78 is 0. The first-order valence-electron chi connectivity index (χ1n) is 8.19. The van der Waals surface area contributed by atoms with E-state index in [9.17, 15) is 9.59 Å². The van der Waals surface area contributed by atoms with Gasteiger partial charge in [-0.25, -0.2) is 0 Å². The molecule has 2 unspecified atom stereocenters. The highest BCUT2D eigenvalue weighted by Gasteiger charge is 2.43. The lowest BCUT2D eigenvalue weighted by Gasteiger charge is -2.34. The Kier molecular flexibility index (Phi) is 5.97. The quantitative estimate of drug-likeness (QED) is 0.868. The van der Waals surface area contributed by atoms with E-state index in [1.54, 1.807) is 18.7 Å². The molecule has 0 spiro atoms. The molecule has 120 valence electrons. The van der Waals surface area contributed by atoms with E-state index in [0.29, 0.717) is 18.4 Å². The third-order valence-corrected chi connectivity index (χ3v) is 5.90. The van der Waals surface area contributed by atoms with Gasteiger partial charge in [-0.1, -0.05) is 33.1 Å². The lowest BCUT2D eigenvalue weighted by Crippen LogP contribution is -2.51. The predicted octanol–water partition coefficient (Wildman–Crippen LogP) is 2.63. The van der Waals surface area contributed by atoms with E-state index in [0.717, 1.165) is 5.75 Å². The van der Waals surface area contributed by atoms with Crippen molar-refractivity contribution < 1.29 is 9.59 Å². The van der Waals surface area contributed by atoms with E-state index >= 15 is 0 Å². The van der Waals surface area contributed by atoms with Gasteiger partial charge in [-0.3, -0.25) is 9.59 Å². The average molecular weight is 312 g/mol. The minimum atomic E-state index is -0.279. The molecule has 0 aromatic carbocycles. The third kappa shape index (κ3) is 4.15. The molecule has 1 heterocycles. The molecule has 2 fully saturated rings. The molecule has 1 aliphatic heterocycles. The summed E-state index contributed by atoms with van der Waals surface area (Å²) in [5.74, 6) is 1.80. The topological polar surface area (TPSA) is 49.4 Å². The second-order valence-corrected chi connectivity index (χ2v) is 7.85. The number of nitrogens with zero attached hydrogens (tertiary/aromatic N) is 1. The van der Waals surface area contributed by atoms with Gasteiger partial charge in [0.2, 0.25) is 11.8 Å². The molecule has 1 saturated carbocycles. The van der Waals surface area contributed by atoms with Crippen molar-refractivity contribution in [2.75, 3.05) is 12.3 Å². The van der Waals surface area contributed by atoms with Crippen molar-refractivity contribution in [3.8, 4) is 0 Å². The van der Waals surface area contributed by atoms with Crippen molar-refractivity contribution >= 4 is 23.6 Å². The van der Waals surface area contributed by atoms with E-state index in [-0.39, 0.29) is 23.2 Å². The molecule has 1 N–H and O–H groups in total. The Morgan fingerprint density at radius 3 is 2.48 bits per heavy atom. The monoisotopic (exact) mass is 312 g/mol. The Morgan fingerprint density at radius 2 is 1.90 bits per heavy atom. The average Bonchev–Trinajstić information content (AvgIpc) is 2.90. The summed E-state index contributed by atoms with van der Waals surface area (Å²) in [6.45, 7) is 6.44. The van der Waals surface area contributed by atoms with Crippen LogP contribution in [-0.2, 0) is 9.59 Å². The predicted molar refractivity (Wildman–Crippen MR) is 87.0 cm³/mol. The maximum absolute atomic E-state index is 12.4. The number of carbonyl (C=O) groups excluding carboxylic acids is 2. The summed E-state index contributed by atoms with van der Waals surface area (Å²) in [4.78, 5) is 26.3. The largest absolute Gasteiger partial charge is 0.354 e. The van der Waals surface area contributed by atoms with Crippen molar-refractivity contribution in [2.45, 2.75) is 64.3 Å². The smallest absolute Gasteiger partial charge is 0.243 e. The van der Waals surface area contributed by atoms with Crippen LogP contribution in [0.1, 0.15) is 52.9 Å². The molecule has 1 aliphatic carbocycles. The fraction of sp³-hybridized carbons (Fsp3) is 0.875. The number of thioether (sulfide) groups is 1. The van der Waals surface area contributed by atoms with Crippen molar-refractivity contribution in [1.29, 1.82) is 0 Å². The van der Waals surface area contributed by atoms with E-state index in [4.69, 9.17) is 0 Å². The van der Waals surface area contributed by atoms with Crippen molar-refractivity contribution in [2.24, 2.45) is 11.8 Å². The first-order valence-corrected chi connectivity index (χ1v) is 9.23. The summed E-state index contributed by atoms with van der Waals surface area (Å²) >= 11 is 1.80. The third-order valence-electron chi connectivity index (χ3n) is 4.44. The summed E-state index contributed by atoms with van der Waals surface area (Å²) in [6.07, 6.45) is 6.23. The number of hydrogen-bond donors (Lipinski definition) is 1. The highest BCUT2D eigenvalue weighted by Crippen LogP contribution is 2.40. The van der Waals surface area contributed by atoms with Crippen LogP contribution in [0.25, 0.3) is 0 Å². The Hall–Kier alpha value is -0.710. The Morgan fingerprint density at radius 1 is 1.24 bits per heavy atom. The number of nitrogens with one attached hydrogen (secondary N) is 1. The zero-order chi connectivity index (χ0) is 15.4. The minimum Gasteiger partial charge on any atom is -0.354 e. The van der Waals surface area contributed by atoms with Crippen LogP contribution in [0.3, 0.4) is 0 Å². The molecule has 0 aromatic heterocycles. The SMILES string of the molecule is CC(=O)N1C(C(=O)NCC(C)C)CSC1C1CCCCC1. The molecule has 2 atom stereocenters. The molecule has 0 bridgehead atoms. The molecule has 0 aromatic rings. The second kappa shape index (κ2) is 7.52. The molecule has 4 nitrogen and oxygen atoms in total. The molecular weight excluding hydrogens is 284 g/mol. The lowest BCUT2D eigenvalue weighted by molar-refractivity contribution is -0.139. The molecule has 2 aliphatic rings. The zero-order valence-electron chi connectivity index (χ0n) is 13.4. The molecule has 2 rings (SSSR count). The Labute approximate surface area is 132 Å². The van der Waals surface area contributed by atoms with Crippen LogP contribution in [0.2, 0.25) is 0 Å². The van der Waals surface area contributed by atoms with Gasteiger partial charge in [0.25, 0.3) is 0 Å². The van der Waals surface area contributed by atoms with Gasteiger partial charge in [0.15, 0.2) is 0 Å². The number of carbonyl (C=O) groups is 2. The molecule has 5 heteroatoms. The van der Waals surface area contributed by atoms with E-state index in [1.807, 2.05) is 4.90 Å². The highest BCUT2D eigenvalue weighted by atomic mass is 32.2. The van der Waals surface area contributed by atoms with Crippen LogP contribution in [0.15, 0.2) is 0 Å². The van der Waals surface area contributed by atoms with Gasteiger partial charge in [-0.05, 0) is 24.7 Å². The number of hydrogen-bond acceptors (Lipinski definition) is 3. The second-order valence-electron chi connectivity index (χ2n) is 6.70. The van der Waals surface area contributed by atoms with E-state index in [1.165, 1.54) is 32.1 Å². The molecular formula is C16H28N2O2S. The standard InChI is InChI=1S/C16H28N2O2S/c1-11(2)9-17-15(20)14-10-21-16(18(14)12(3)19)13-7-5-4-6-8-13/h11,13-14,16H,4-10H2,1-3H3,(H,17,20). The van der Waals surface area contributed by atoms with Gasteiger partial charge in [0, 0.05) is 19.2 Å². The van der Waals surface area contributed by atoms with E-state index in [2.05, 4.69) is 19.2 Å². The van der Waals surface area contributed by atoms with Gasteiger partial charge < -0.3 is 10.2 Å². The van der Waals surface area contributed by atoms with E-state index < -0.39 is 0 Å². The fourth-order valence-electron chi connectivity index (χ4n) is 3.33. The maximum Gasteiger partial charge on any atom is 0.243 e. The summed E-state index contributed by atoms with van der Waals surface area (Å²) in [6, 6.07) is -0.279. The first-order chi connectivity index (χ1) is 10.0. The zero-order valence-corrected chi connectivity index (χ0v) is 14.2. The summed E-state index contributed by atoms with van der Waals surface area (Å²) in [7, 11) is 0. The van der Waals surface area contributed by atoms with Gasteiger partial charge in [0.1, 0.15) is 6.04 Å². The lowest BCUT2D eigenvalue weighted by atomic mass is 9.88. The van der Waals surface area contributed by atoms with Gasteiger partial charge in [-0.15, -0.1) is 11.8 Å². The van der Waals surface area contributed by atoms with Crippen LogP contribution < -0.4 is 5.32 Å². The van der Waals surface area contributed by atoms with Crippen LogP contribution >= 0.6 is 11.8 Å². The highest BCUT2D eigenvalue weighted by molar-refractivity contribution is 8.00. The fourth-order valence-corrected chi connectivity index (χ4v) is 5.03. The molecule has 1 saturated heterocycles. The van der Waals surface area contributed by atoms with Crippen LogP contribution in [0, 0.1) is 11.8 Å². The first kappa shape index (κ1) is 16.7. The van der Waals surface area contributed by atoms with Crippen LogP contribution in [-0.4, -0.2) is 40.4 Å². The van der Waals surface area contributed by atoms with Gasteiger partial charge in [0.05, 0.1) is 5.37 Å². The van der Waals surface area contributed by atoms with Crippen molar-refractivity contribution in [3.05, 3.63) is 0 Å². The maximum atomic E-state index is 12.4. The Balaban J connectivity index is 2.02. The molecule has 0 radical (unpaired) electrons. The van der Waals surface area contributed by atoms with Gasteiger partial charge in [-0.2, -0.15) is 0 Å². The number of rotatable bonds is 4. The van der Waals surface area contributed by atoms with Gasteiger partial charge >= 0.3 is 0 Å². The minimum absolute atomic E-state index is 0.0182. The normalized spacial score (nSPS) is 27.1.